The Labute approximate surface area is 202 Å². The Bertz CT molecular complexity index is 1030. The van der Waals surface area contributed by atoms with Crippen molar-refractivity contribution in [3.05, 3.63) is 40.9 Å². The number of esters is 1. The van der Waals surface area contributed by atoms with E-state index in [4.69, 9.17) is 35.3 Å². The first-order chi connectivity index (χ1) is 16.3. The van der Waals surface area contributed by atoms with Gasteiger partial charge in [-0.05, 0) is 45.0 Å². The van der Waals surface area contributed by atoms with Gasteiger partial charge >= 0.3 is 12.0 Å². The number of hydrogen-bond acceptors (Lipinski definition) is 8. The molecule has 2 rings (SSSR count). The highest BCUT2D eigenvalue weighted by molar-refractivity contribution is 6.32. The average molecular weight is 495 g/mol. The van der Waals surface area contributed by atoms with Gasteiger partial charge in [-0.3, -0.25) is 10.1 Å². The number of rotatable bonds is 11. The van der Waals surface area contributed by atoms with Crippen molar-refractivity contribution in [2.75, 3.05) is 38.9 Å². The van der Waals surface area contributed by atoms with E-state index in [1.165, 1.54) is 19.2 Å². The normalized spacial score (nSPS) is 10.1. The molecule has 2 aromatic carbocycles. The van der Waals surface area contributed by atoms with Crippen molar-refractivity contribution in [1.29, 1.82) is 0 Å². The quantitative estimate of drug-likeness (QED) is 0.449. The van der Waals surface area contributed by atoms with Crippen LogP contribution >= 0.6 is 11.6 Å². The third-order valence-electron chi connectivity index (χ3n) is 4.14. The zero-order chi connectivity index (χ0) is 25.1. The van der Waals surface area contributed by atoms with Crippen LogP contribution < -0.4 is 29.6 Å². The summed E-state index contributed by atoms with van der Waals surface area (Å²) in [5, 5.41) is 4.74. The standard InChI is InChI=1S/C23H27ClN2O8/c1-5-31-17-9-8-15(12-18(17)32-6-2)25-23(29)26-20(27)13-34-22(28)14-10-16(24)21(33-7-3)19(11-14)30-4/h8-12H,5-7,13H2,1-4H3,(H2,25,26,27,29). The number of ether oxygens (including phenoxy) is 5. The highest BCUT2D eigenvalue weighted by atomic mass is 35.5. The maximum Gasteiger partial charge on any atom is 0.338 e. The van der Waals surface area contributed by atoms with Crippen LogP contribution in [0.3, 0.4) is 0 Å². The molecule has 11 heteroatoms. The molecular weight excluding hydrogens is 468 g/mol. The van der Waals surface area contributed by atoms with Gasteiger partial charge in [-0.15, -0.1) is 0 Å². The molecule has 0 aliphatic rings. The first-order valence-corrected chi connectivity index (χ1v) is 10.9. The number of hydrogen-bond donors (Lipinski definition) is 2. The van der Waals surface area contributed by atoms with Crippen molar-refractivity contribution in [2.45, 2.75) is 20.8 Å². The SMILES string of the molecule is CCOc1ccc(NC(=O)NC(=O)COC(=O)c2cc(Cl)c(OCC)c(OC)c2)cc1OCC. The van der Waals surface area contributed by atoms with Crippen LogP contribution in [0.2, 0.25) is 5.02 Å². The number of nitrogens with one attached hydrogen (secondary N) is 2. The highest BCUT2D eigenvalue weighted by Gasteiger charge is 2.18. The fourth-order valence-corrected chi connectivity index (χ4v) is 3.06. The van der Waals surface area contributed by atoms with Crippen LogP contribution in [0.15, 0.2) is 30.3 Å². The largest absolute Gasteiger partial charge is 0.493 e. The van der Waals surface area contributed by atoms with Gasteiger partial charge < -0.3 is 29.0 Å². The molecule has 0 aliphatic heterocycles. The van der Waals surface area contributed by atoms with Crippen LogP contribution in [0.25, 0.3) is 0 Å². The number of halogens is 1. The van der Waals surface area contributed by atoms with E-state index in [1.807, 2.05) is 13.8 Å². The summed E-state index contributed by atoms with van der Waals surface area (Å²) in [5.41, 5.74) is 0.436. The van der Waals surface area contributed by atoms with E-state index in [0.717, 1.165) is 0 Å². The Morgan fingerprint density at radius 1 is 0.882 bits per heavy atom. The molecule has 0 aromatic heterocycles. The molecule has 184 valence electrons. The van der Waals surface area contributed by atoms with Crippen LogP contribution in [-0.4, -0.2) is 51.4 Å². The summed E-state index contributed by atoms with van der Waals surface area (Å²) in [5.74, 6) is -0.139. The molecule has 0 aliphatic carbocycles. The van der Waals surface area contributed by atoms with Crippen molar-refractivity contribution < 1.29 is 38.1 Å². The minimum absolute atomic E-state index is 0.0559. The summed E-state index contributed by atoms with van der Waals surface area (Å²) >= 11 is 6.14. The average Bonchev–Trinajstić information content (AvgIpc) is 2.80. The lowest BCUT2D eigenvalue weighted by Crippen LogP contribution is -2.37. The van der Waals surface area contributed by atoms with Gasteiger partial charge in [0.05, 0.1) is 37.5 Å². The van der Waals surface area contributed by atoms with E-state index in [0.29, 0.717) is 42.8 Å². The van der Waals surface area contributed by atoms with E-state index >= 15 is 0 Å². The number of imide groups is 1. The van der Waals surface area contributed by atoms with Gasteiger partial charge in [-0.25, -0.2) is 9.59 Å². The Balaban J connectivity index is 1.94. The molecule has 0 heterocycles. The summed E-state index contributed by atoms with van der Waals surface area (Å²) in [6.45, 7) is 5.97. The van der Waals surface area contributed by atoms with Gasteiger partial charge in [0.2, 0.25) is 0 Å². The summed E-state index contributed by atoms with van der Waals surface area (Å²) in [6, 6.07) is 6.72. The van der Waals surface area contributed by atoms with Crippen LogP contribution in [-0.2, 0) is 9.53 Å². The van der Waals surface area contributed by atoms with Crippen molar-refractivity contribution in [3.8, 4) is 23.0 Å². The maximum absolute atomic E-state index is 12.3. The predicted octanol–water partition coefficient (Wildman–Crippen LogP) is 4.05. The topological polar surface area (TPSA) is 121 Å². The lowest BCUT2D eigenvalue weighted by molar-refractivity contribution is -0.123. The van der Waals surface area contributed by atoms with Gasteiger partial charge in [0.25, 0.3) is 5.91 Å². The van der Waals surface area contributed by atoms with Crippen LogP contribution in [0, 0.1) is 0 Å². The fourth-order valence-electron chi connectivity index (χ4n) is 2.79. The minimum atomic E-state index is -0.828. The van der Waals surface area contributed by atoms with Crippen molar-refractivity contribution in [3.63, 3.8) is 0 Å². The van der Waals surface area contributed by atoms with Crippen molar-refractivity contribution in [2.24, 2.45) is 0 Å². The van der Waals surface area contributed by atoms with Gasteiger partial charge in [0, 0.05) is 11.8 Å². The molecule has 0 saturated carbocycles. The second kappa shape index (κ2) is 13.1. The molecule has 3 amide bonds. The number of benzene rings is 2. The molecule has 0 atom stereocenters. The molecule has 34 heavy (non-hydrogen) atoms. The third kappa shape index (κ3) is 7.45. The number of anilines is 1. The fraction of sp³-hybridized carbons (Fsp3) is 0.348. The summed E-state index contributed by atoms with van der Waals surface area (Å²) < 4.78 is 26.5. The van der Waals surface area contributed by atoms with E-state index in [-0.39, 0.29) is 16.3 Å². The zero-order valence-corrected chi connectivity index (χ0v) is 20.1. The molecule has 2 N–H and O–H groups in total. The number of urea groups is 1. The number of carbonyl (C=O) groups excluding carboxylic acids is 3. The molecule has 0 bridgehead atoms. The number of methoxy groups -OCH3 is 1. The van der Waals surface area contributed by atoms with Crippen LogP contribution in [0.4, 0.5) is 10.5 Å². The molecule has 0 spiro atoms. The van der Waals surface area contributed by atoms with Gasteiger partial charge in [-0.1, -0.05) is 11.6 Å². The maximum atomic E-state index is 12.3. The molecule has 2 aromatic rings. The summed E-state index contributed by atoms with van der Waals surface area (Å²) in [6.07, 6.45) is 0. The van der Waals surface area contributed by atoms with Crippen LogP contribution in [0.1, 0.15) is 31.1 Å². The molecule has 0 radical (unpaired) electrons. The Hall–Kier alpha value is -3.66. The van der Waals surface area contributed by atoms with E-state index in [1.54, 1.807) is 25.1 Å². The number of carbonyl (C=O) groups is 3. The second-order valence-electron chi connectivity index (χ2n) is 6.53. The lowest BCUT2D eigenvalue weighted by atomic mass is 10.2. The van der Waals surface area contributed by atoms with Crippen LogP contribution in [0.5, 0.6) is 23.0 Å². The Morgan fingerprint density at radius 2 is 1.56 bits per heavy atom. The van der Waals surface area contributed by atoms with E-state index in [9.17, 15) is 14.4 Å². The molecular formula is C23H27ClN2O8. The zero-order valence-electron chi connectivity index (χ0n) is 19.4. The lowest BCUT2D eigenvalue weighted by Gasteiger charge is -2.13. The predicted molar refractivity (Wildman–Crippen MR) is 125 cm³/mol. The van der Waals surface area contributed by atoms with Crippen molar-refractivity contribution >= 4 is 35.2 Å². The molecule has 10 nitrogen and oxygen atoms in total. The molecule has 0 unspecified atom stereocenters. The van der Waals surface area contributed by atoms with Gasteiger partial charge in [-0.2, -0.15) is 0 Å². The Kier molecular flexibility index (Phi) is 10.3. The van der Waals surface area contributed by atoms with E-state index in [2.05, 4.69) is 10.6 Å². The van der Waals surface area contributed by atoms with Gasteiger partial charge in [0.15, 0.2) is 29.6 Å². The monoisotopic (exact) mass is 494 g/mol. The first-order valence-electron chi connectivity index (χ1n) is 10.5. The third-order valence-corrected chi connectivity index (χ3v) is 4.42. The Morgan fingerprint density at radius 3 is 2.21 bits per heavy atom. The minimum Gasteiger partial charge on any atom is -0.493 e. The summed E-state index contributed by atoms with van der Waals surface area (Å²) in [4.78, 5) is 36.5. The summed E-state index contributed by atoms with van der Waals surface area (Å²) in [7, 11) is 1.40. The van der Waals surface area contributed by atoms with E-state index < -0.39 is 24.5 Å². The van der Waals surface area contributed by atoms with Gasteiger partial charge in [0.1, 0.15) is 0 Å². The second-order valence-corrected chi connectivity index (χ2v) is 6.94. The molecule has 0 fully saturated rings. The smallest absolute Gasteiger partial charge is 0.338 e. The number of amides is 3. The first kappa shape index (κ1) is 26.6. The highest BCUT2D eigenvalue weighted by Crippen LogP contribution is 2.36. The molecule has 0 saturated heterocycles. The van der Waals surface area contributed by atoms with Crippen molar-refractivity contribution in [1.82, 2.24) is 5.32 Å².